The van der Waals surface area contributed by atoms with E-state index in [4.69, 9.17) is 18.5 Å². The van der Waals surface area contributed by atoms with E-state index in [0.717, 1.165) is 44.9 Å². The number of aliphatic hydroxyl groups is 2. The van der Waals surface area contributed by atoms with E-state index in [1.54, 1.807) is 30.4 Å². The average molecular weight is 915 g/mol. The number of quaternary nitrogens is 1. The van der Waals surface area contributed by atoms with Crippen molar-refractivity contribution in [2.24, 2.45) is 0 Å². The molecular formula is C52H85NO10P+. The molecule has 0 aliphatic carbocycles. The molecule has 0 radical (unpaired) electrons. The molecular weight excluding hydrogens is 830 g/mol. The maximum absolute atomic E-state index is 12.7. The summed E-state index contributed by atoms with van der Waals surface area (Å²) in [5.41, 5.74) is 0. The third-order valence-electron chi connectivity index (χ3n) is 9.15. The maximum Gasteiger partial charge on any atom is 0.472 e. The number of hydrogen-bond donors (Lipinski definition) is 3. The van der Waals surface area contributed by atoms with Crippen LogP contribution in [0.4, 0.5) is 0 Å². The van der Waals surface area contributed by atoms with Crippen LogP contribution < -0.4 is 0 Å². The quantitative estimate of drug-likeness (QED) is 0.0135. The molecule has 0 fully saturated rings. The van der Waals surface area contributed by atoms with Crippen LogP contribution in [0.2, 0.25) is 0 Å². The van der Waals surface area contributed by atoms with E-state index < -0.39 is 44.7 Å². The molecule has 0 heterocycles. The second-order valence-corrected chi connectivity index (χ2v) is 17.9. The van der Waals surface area contributed by atoms with Crippen molar-refractivity contribution in [2.75, 3.05) is 47.5 Å². The van der Waals surface area contributed by atoms with E-state index in [1.807, 2.05) is 63.7 Å². The zero-order valence-corrected chi connectivity index (χ0v) is 40.8. The van der Waals surface area contributed by atoms with Crippen molar-refractivity contribution in [3.05, 3.63) is 122 Å². The monoisotopic (exact) mass is 915 g/mol. The minimum absolute atomic E-state index is 0.0156. The standard InChI is InChI=1S/C52H84NO10P/c1-6-8-10-11-12-13-14-15-16-17-18-19-20-21-22-23-27-30-36-43-52(57)63-50(47-62-64(58,59)61-45-44-53(3,4)5)46-60-51(56)42-37-31-35-41-49(55)40-34-29-26-24-25-28-33-39-48(54)38-32-9-7-2/h9,12-13,15-16,18-19,21-22,25-26,28-29,32-35,39-41,48-50,54-55H,6-8,10-11,14,17,20,23-24,27,30-31,36-38,42-47H2,1-5H3/p+1/b13-12-,16-15-,19-18-,22-21-,28-25-,29-26-,32-9-,39-33+,40-34+,41-35-/t48-,49-,50-/m1/s1. The third-order valence-corrected chi connectivity index (χ3v) is 10.1. The minimum Gasteiger partial charge on any atom is -0.462 e. The first-order chi connectivity index (χ1) is 30.8. The summed E-state index contributed by atoms with van der Waals surface area (Å²) >= 11 is 0. The highest BCUT2D eigenvalue weighted by Gasteiger charge is 2.27. The number of ether oxygens (including phenoxy) is 2. The number of nitrogens with zero attached hydrogens (tertiary/aromatic N) is 1. The highest BCUT2D eigenvalue weighted by atomic mass is 31.2. The molecule has 0 saturated carbocycles. The van der Waals surface area contributed by atoms with Crippen molar-refractivity contribution < 1.29 is 52.3 Å². The molecule has 4 atom stereocenters. The van der Waals surface area contributed by atoms with Crippen LogP contribution in [-0.4, -0.2) is 97.3 Å². The lowest BCUT2D eigenvalue weighted by Gasteiger charge is -2.24. The summed E-state index contributed by atoms with van der Waals surface area (Å²) in [5.74, 6) is -1.03. The van der Waals surface area contributed by atoms with Crippen LogP contribution in [0.1, 0.15) is 129 Å². The van der Waals surface area contributed by atoms with Gasteiger partial charge in [0.15, 0.2) is 6.10 Å². The van der Waals surface area contributed by atoms with Crippen molar-refractivity contribution in [1.29, 1.82) is 0 Å². The molecule has 0 aromatic rings. The molecule has 0 rings (SSSR count). The summed E-state index contributed by atoms with van der Waals surface area (Å²) in [7, 11) is 1.32. The van der Waals surface area contributed by atoms with Crippen LogP contribution in [0.5, 0.6) is 0 Å². The van der Waals surface area contributed by atoms with Gasteiger partial charge >= 0.3 is 19.8 Å². The second-order valence-electron chi connectivity index (χ2n) is 16.4. The van der Waals surface area contributed by atoms with E-state index in [-0.39, 0.29) is 26.1 Å². The fourth-order valence-electron chi connectivity index (χ4n) is 5.44. The third kappa shape index (κ3) is 44.9. The number of aliphatic hydroxyl groups excluding tert-OH is 2. The number of rotatable bonds is 40. The Morgan fingerprint density at radius 3 is 1.80 bits per heavy atom. The number of phosphoric ester groups is 1. The van der Waals surface area contributed by atoms with Gasteiger partial charge in [0.05, 0.1) is 40.0 Å². The molecule has 0 aromatic carbocycles. The Hall–Kier alpha value is -3.67. The smallest absolute Gasteiger partial charge is 0.462 e. The Balaban J connectivity index is 4.65. The molecule has 362 valence electrons. The molecule has 0 aliphatic rings. The average Bonchev–Trinajstić information content (AvgIpc) is 3.24. The number of phosphoric acid groups is 1. The fraction of sp³-hybridized carbons (Fsp3) is 0.577. The predicted molar refractivity (Wildman–Crippen MR) is 263 cm³/mol. The Kier molecular flexibility index (Phi) is 39.6. The lowest BCUT2D eigenvalue weighted by atomic mass is 10.1. The summed E-state index contributed by atoms with van der Waals surface area (Å²) in [5, 5.41) is 20.0. The number of hydrogen-bond acceptors (Lipinski definition) is 9. The number of unbranched alkanes of at least 4 members (excludes halogenated alkanes) is 7. The van der Waals surface area contributed by atoms with Crippen LogP contribution >= 0.6 is 7.82 Å². The highest BCUT2D eigenvalue weighted by Crippen LogP contribution is 2.43. The molecule has 0 saturated heterocycles. The summed E-state index contributed by atoms with van der Waals surface area (Å²) < 4.78 is 34.1. The molecule has 64 heavy (non-hydrogen) atoms. The van der Waals surface area contributed by atoms with E-state index in [1.165, 1.54) is 25.7 Å². The van der Waals surface area contributed by atoms with Crippen molar-refractivity contribution in [1.82, 2.24) is 0 Å². The normalized spacial score (nSPS) is 15.6. The SMILES string of the molecule is CC/C=C\C[C@@H](O)/C=C/C=C\C/C=C\C=C\[C@@H](O)/C=C\CCCC(=O)OC[C@H](COP(=O)(O)OCC[N+](C)(C)C)OC(=O)CCCCC/C=C\C/C=C\C/C=C\C/C=C\CCCCC. The van der Waals surface area contributed by atoms with Crippen LogP contribution in [0.15, 0.2) is 122 Å². The number of allylic oxidation sites excluding steroid dienone is 16. The van der Waals surface area contributed by atoms with Gasteiger partial charge in [-0.1, -0.05) is 155 Å². The van der Waals surface area contributed by atoms with Crippen molar-refractivity contribution >= 4 is 19.8 Å². The van der Waals surface area contributed by atoms with Crippen molar-refractivity contribution in [2.45, 2.75) is 148 Å². The molecule has 0 aromatic heterocycles. The summed E-state index contributed by atoms with van der Waals surface area (Å²) in [6.45, 7) is 3.91. The van der Waals surface area contributed by atoms with Gasteiger partial charge in [-0.3, -0.25) is 18.6 Å². The van der Waals surface area contributed by atoms with Gasteiger partial charge in [0, 0.05) is 12.8 Å². The zero-order valence-electron chi connectivity index (χ0n) is 39.9. The van der Waals surface area contributed by atoms with Crippen molar-refractivity contribution in [3.8, 4) is 0 Å². The molecule has 1 unspecified atom stereocenters. The number of carbonyl (C=O) groups excluding carboxylic acids is 2. The first kappa shape index (κ1) is 60.3. The van der Waals surface area contributed by atoms with E-state index in [2.05, 4.69) is 62.5 Å². The number of carbonyl (C=O) groups is 2. The van der Waals surface area contributed by atoms with Gasteiger partial charge in [0.2, 0.25) is 0 Å². The molecule has 0 spiro atoms. The molecule has 3 N–H and O–H groups in total. The summed E-state index contributed by atoms with van der Waals surface area (Å²) in [4.78, 5) is 35.4. The Morgan fingerprint density at radius 1 is 0.594 bits per heavy atom. The van der Waals surface area contributed by atoms with Gasteiger partial charge in [-0.2, -0.15) is 0 Å². The summed E-state index contributed by atoms with van der Waals surface area (Å²) in [6, 6.07) is 0. The molecule has 12 heteroatoms. The summed E-state index contributed by atoms with van der Waals surface area (Å²) in [6.07, 6.45) is 51.8. The number of esters is 2. The second kappa shape index (κ2) is 42.0. The number of likely N-dealkylation sites (N-methyl/N-ethyl adjacent to an activating group) is 1. The molecule has 11 nitrogen and oxygen atoms in total. The Morgan fingerprint density at radius 2 is 1.17 bits per heavy atom. The van der Waals surface area contributed by atoms with Crippen LogP contribution in [0.25, 0.3) is 0 Å². The molecule has 0 amide bonds. The molecule has 0 aliphatic heterocycles. The highest BCUT2D eigenvalue weighted by molar-refractivity contribution is 7.47. The van der Waals surface area contributed by atoms with Gasteiger partial charge in [0.25, 0.3) is 0 Å². The van der Waals surface area contributed by atoms with E-state index in [9.17, 15) is 29.3 Å². The molecule has 0 bridgehead atoms. The van der Waals surface area contributed by atoms with Gasteiger partial charge in [-0.15, -0.1) is 0 Å². The van der Waals surface area contributed by atoms with Crippen LogP contribution in [-0.2, 0) is 32.7 Å². The Labute approximate surface area is 387 Å². The van der Waals surface area contributed by atoms with E-state index in [0.29, 0.717) is 43.1 Å². The minimum atomic E-state index is -4.45. The van der Waals surface area contributed by atoms with Gasteiger partial charge in [0.1, 0.15) is 19.8 Å². The lowest BCUT2D eigenvalue weighted by molar-refractivity contribution is -0.870. The fourth-order valence-corrected chi connectivity index (χ4v) is 6.18. The largest absolute Gasteiger partial charge is 0.472 e. The predicted octanol–water partition coefficient (Wildman–Crippen LogP) is 11.6. The van der Waals surface area contributed by atoms with Gasteiger partial charge in [-0.25, -0.2) is 4.57 Å². The van der Waals surface area contributed by atoms with Crippen molar-refractivity contribution in [3.63, 3.8) is 0 Å². The Bertz CT molecular complexity index is 1530. The van der Waals surface area contributed by atoms with Gasteiger partial charge in [-0.05, 0) is 83.5 Å². The first-order valence-corrected chi connectivity index (χ1v) is 25.0. The van der Waals surface area contributed by atoms with E-state index >= 15 is 0 Å². The lowest BCUT2D eigenvalue weighted by Crippen LogP contribution is -2.37. The van der Waals surface area contributed by atoms with Crippen LogP contribution in [0.3, 0.4) is 0 Å². The topological polar surface area (TPSA) is 149 Å². The van der Waals surface area contributed by atoms with Crippen LogP contribution in [0, 0.1) is 0 Å². The van der Waals surface area contributed by atoms with Gasteiger partial charge < -0.3 is 29.1 Å². The maximum atomic E-state index is 12.7. The first-order valence-electron chi connectivity index (χ1n) is 23.5. The zero-order chi connectivity index (χ0) is 47.4.